The van der Waals surface area contributed by atoms with Crippen molar-refractivity contribution in [2.45, 2.75) is 39.8 Å². The van der Waals surface area contributed by atoms with Gasteiger partial charge in [-0.25, -0.2) is 0 Å². The van der Waals surface area contributed by atoms with E-state index in [2.05, 4.69) is 35.9 Å². The zero-order valence-corrected chi connectivity index (χ0v) is 15.3. The maximum Gasteiger partial charge on any atom is 0.234 e. The highest BCUT2D eigenvalue weighted by Crippen LogP contribution is 2.12. The minimum absolute atomic E-state index is 0.0966. The number of carbonyl (C=O) groups is 1. The van der Waals surface area contributed by atoms with Gasteiger partial charge in [-0.05, 0) is 38.0 Å². The number of nitrogens with zero attached hydrogens (tertiary/aromatic N) is 2. The van der Waals surface area contributed by atoms with Crippen LogP contribution >= 0.6 is 0 Å². The second-order valence-electron chi connectivity index (χ2n) is 6.68. The molecule has 0 saturated carbocycles. The quantitative estimate of drug-likeness (QED) is 0.791. The fraction of sp³-hybridized carbons (Fsp3) is 0.632. The molecule has 1 amide bonds. The average molecular weight is 333 g/mol. The average Bonchev–Trinajstić information content (AvgIpc) is 2.59. The molecule has 1 fully saturated rings. The van der Waals surface area contributed by atoms with E-state index in [0.717, 1.165) is 50.5 Å². The lowest BCUT2D eigenvalue weighted by atomic mass is 10.2. The van der Waals surface area contributed by atoms with Crippen molar-refractivity contribution in [3.8, 4) is 5.75 Å². The number of piperazine rings is 1. The van der Waals surface area contributed by atoms with E-state index >= 15 is 0 Å². The van der Waals surface area contributed by atoms with Crippen LogP contribution in [0.25, 0.3) is 0 Å². The van der Waals surface area contributed by atoms with Crippen molar-refractivity contribution in [1.29, 1.82) is 0 Å². The van der Waals surface area contributed by atoms with Gasteiger partial charge in [0.1, 0.15) is 5.75 Å². The molecular weight excluding hydrogens is 302 g/mol. The molecule has 5 nitrogen and oxygen atoms in total. The first-order chi connectivity index (χ1) is 11.6. The van der Waals surface area contributed by atoms with Crippen LogP contribution in [-0.2, 0) is 11.3 Å². The SMILES string of the molecule is CCCOc1ccc(CNC(=O)CN2CCN(C(C)C)CC2)cc1. The zero-order valence-electron chi connectivity index (χ0n) is 15.3. The van der Waals surface area contributed by atoms with Gasteiger partial charge in [0.25, 0.3) is 0 Å². The van der Waals surface area contributed by atoms with Gasteiger partial charge in [-0.15, -0.1) is 0 Å². The van der Waals surface area contributed by atoms with Gasteiger partial charge in [0.15, 0.2) is 0 Å². The number of hydrogen-bond donors (Lipinski definition) is 1. The summed E-state index contributed by atoms with van der Waals surface area (Å²) in [5.74, 6) is 0.981. The summed E-state index contributed by atoms with van der Waals surface area (Å²) in [7, 11) is 0. The van der Waals surface area contributed by atoms with Gasteiger partial charge < -0.3 is 10.1 Å². The van der Waals surface area contributed by atoms with Crippen LogP contribution in [0, 0.1) is 0 Å². The molecule has 0 unspecified atom stereocenters. The highest BCUT2D eigenvalue weighted by molar-refractivity contribution is 5.78. The van der Waals surface area contributed by atoms with Crippen molar-refractivity contribution >= 4 is 5.91 Å². The Morgan fingerprint density at radius 2 is 1.83 bits per heavy atom. The maximum absolute atomic E-state index is 12.1. The molecule has 134 valence electrons. The van der Waals surface area contributed by atoms with E-state index in [9.17, 15) is 4.79 Å². The predicted octanol–water partition coefficient (Wildman–Crippen LogP) is 2.12. The second-order valence-corrected chi connectivity index (χ2v) is 6.68. The van der Waals surface area contributed by atoms with Crippen molar-refractivity contribution in [3.63, 3.8) is 0 Å². The van der Waals surface area contributed by atoms with Crippen LogP contribution in [0.15, 0.2) is 24.3 Å². The Bertz CT molecular complexity index is 494. The van der Waals surface area contributed by atoms with Gasteiger partial charge in [-0.2, -0.15) is 0 Å². The summed E-state index contributed by atoms with van der Waals surface area (Å²) in [6, 6.07) is 8.52. The van der Waals surface area contributed by atoms with Crippen molar-refractivity contribution < 1.29 is 9.53 Å². The first-order valence-corrected chi connectivity index (χ1v) is 9.03. The van der Waals surface area contributed by atoms with Gasteiger partial charge in [-0.1, -0.05) is 19.1 Å². The van der Waals surface area contributed by atoms with Gasteiger partial charge in [0.05, 0.1) is 13.2 Å². The van der Waals surface area contributed by atoms with E-state index in [-0.39, 0.29) is 5.91 Å². The van der Waals surface area contributed by atoms with Crippen molar-refractivity contribution in [1.82, 2.24) is 15.1 Å². The van der Waals surface area contributed by atoms with E-state index in [0.29, 0.717) is 19.1 Å². The topological polar surface area (TPSA) is 44.8 Å². The third kappa shape index (κ3) is 6.13. The highest BCUT2D eigenvalue weighted by Gasteiger charge is 2.20. The Labute approximate surface area is 146 Å². The van der Waals surface area contributed by atoms with Gasteiger partial charge in [0, 0.05) is 38.8 Å². The molecule has 5 heteroatoms. The maximum atomic E-state index is 12.1. The fourth-order valence-corrected chi connectivity index (χ4v) is 2.82. The van der Waals surface area contributed by atoms with Crippen LogP contribution in [0.1, 0.15) is 32.8 Å². The first-order valence-electron chi connectivity index (χ1n) is 9.03. The lowest BCUT2D eigenvalue weighted by Crippen LogP contribution is -2.51. The lowest BCUT2D eigenvalue weighted by Gasteiger charge is -2.36. The molecule has 0 bridgehead atoms. The van der Waals surface area contributed by atoms with E-state index in [1.165, 1.54) is 0 Å². The summed E-state index contributed by atoms with van der Waals surface area (Å²) in [6.07, 6.45) is 1.00. The minimum atomic E-state index is 0.0966. The molecule has 2 rings (SSSR count). The molecule has 24 heavy (non-hydrogen) atoms. The molecule has 0 aromatic heterocycles. The molecule has 0 radical (unpaired) electrons. The van der Waals surface area contributed by atoms with E-state index in [4.69, 9.17) is 4.74 Å². The monoisotopic (exact) mass is 333 g/mol. The summed E-state index contributed by atoms with van der Waals surface area (Å²) in [4.78, 5) is 16.8. The van der Waals surface area contributed by atoms with Gasteiger partial charge in [-0.3, -0.25) is 14.6 Å². The zero-order chi connectivity index (χ0) is 17.4. The molecule has 1 aromatic rings. The smallest absolute Gasteiger partial charge is 0.234 e. The molecule has 1 aliphatic rings. The molecule has 1 aromatic carbocycles. The lowest BCUT2D eigenvalue weighted by molar-refractivity contribution is -0.122. The van der Waals surface area contributed by atoms with E-state index in [1.807, 2.05) is 24.3 Å². The molecule has 1 heterocycles. The molecule has 0 atom stereocenters. The molecule has 0 spiro atoms. The van der Waals surface area contributed by atoms with Crippen LogP contribution in [0.3, 0.4) is 0 Å². The molecule has 0 aliphatic carbocycles. The van der Waals surface area contributed by atoms with E-state index in [1.54, 1.807) is 0 Å². The van der Waals surface area contributed by atoms with Gasteiger partial charge in [0.2, 0.25) is 5.91 Å². The summed E-state index contributed by atoms with van der Waals surface area (Å²) >= 11 is 0. The second kappa shape index (κ2) is 9.64. The number of amides is 1. The number of nitrogens with one attached hydrogen (secondary N) is 1. The number of hydrogen-bond acceptors (Lipinski definition) is 4. The molecule has 1 aliphatic heterocycles. The summed E-state index contributed by atoms with van der Waals surface area (Å²) in [5, 5.41) is 3.01. The summed E-state index contributed by atoms with van der Waals surface area (Å²) in [6.45, 7) is 12.4. The predicted molar refractivity (Wildman–Crippen MR) is 97.2 cm³/mol. The fourth-order valence-electron chi connectivity index (χ4n) is 2.82. The third-order valence-electron chi connectivity index (χ3n) is 4.39. The minimum Gasteiger partial charge on any atom is -0.494 e. The van der Waals surface area contributed by atoms with E-state index < -0.39 is 0 Å². The Morgan fingerprint density at radius 1 is 1.17 bits per heavy atom. The third-order valence-corrected chi connectivity index (χ3v) is 4.39. The van der Waals surface area contributed by atoms with Crippen LogP contribution in [0.5, 0.6) is 5.75 Å². The van der Waals surface area contributed by atoms with Crippen LogP contribution in [0.4, 0.5) is 0 Å². The summed E-state index contributed by atoms with van der Waals surface area (Å²) in [5.41, 5.74) is 1.09. The largest absolute Gasteiger partial charge is 0.494 e. The van der Waals surface area contributed by atoms with Crippen molar-refractivity contribution in [2.75, 3.05) is 39.3 Å². The highest BCUT2D eigenvalue weighted by atomic mass is 16.5. The number of rotatable bonds is 8. The molecule has 1 saturated heterocycles. The van der Waals surface area contributed by atoms with Crippen molar-refractivity contribution in [3.05, 3.63) is 29.8 Å². The Hall–Kier alpha value is -1.59. The first kappa shape index (κ1) is 18.7. The molecule has 1 N–H and O–H groups in total. The number of benzene rings is 1. The van der Waals surface area contributed by atoms with Crippen LogP contribution in [0.2, 0.25) is 0 Å². The molecular formula is C19H31N3O2. The Morgan fingerprint density at radius 3 is 2.42 bits per heavy atom. The standard InChI is InChI=1S/C19H31N3O2/c1-4-13-24-18-7-5-17(6-8-18)14-20-19(23)15-21-9-11-22(12-10-21)16(2)3/h5-8,16H,4,9-15H2,1-3H3,(H,20,23). The Kier molecular flexibility index (Phi) is 7.53. The number of ether oxygens (including phenoxy) is 1. The van der Waals surface area contributed by atoms with Crippen LogP contribution < -0.4 is 10.1 Å². The van der Waals surface area contributed by atoms with Crippen molar-refractivity contribution in [2.24, 2.45) is 0 Å². The normalized spacial score (nSPS) is 16.3. The number of carbonyl (C=O) groups excluding carboxylic acids is 1. The summed E-state index contributed by atoms with van der Waals surface area (Å²) < 4.78 is 5.56. The van der Waals surface area contributed by atoms with Crippen LogP contribution in [-0.4, -0.2) is 61.1 Å². The Balaban J connectivity index is 1.68. The van der Waals surface area contributed by atoms with Gasteiger partial charge >= 0.3 is 0 Å².